The summed E-state index contributed by atoms with van der Waals surface area (Å²) < 4.78 is 1.98. The summed E-state index contributed by atoms with van der Waals surface area (Å²) in [6, 6.07) is 6.19. The Bertz CT molecular complexity index is 616. The van der Waals surface area contributed by atoms with Gasteiger partial charge in [0.2, 0.25) is 0 Å². The summed E-state index contributed by atoms with van der Waals surface area (Å²) in [7, 11) is 3.92. The second-order valence-electron chi connectivity index (χ2n) is 4.62. The molecular weight excluding hydrogens is 242 g/mol. The minimum absolute atomic E-state index is 0.604. The molecule has 19 heavy (non-hydrogen) atoms. The fraction of sp³-hybridized carbons (Fsp3) is 0.286. The highest BCUT2D eigenvalue weighted by atomic mass is 16.4. The van der Waals surface area contributed by atoms with Gasteiger partial charge in [-0.25, -0.2) is 9.78 Å². The molecule has 0 saturated carbocycles. The first-order valence-corrected chi connectivity index (χ1v) is 6.04. The number of benzene rings is 1. The number of imidazole rings is 1. The smallest absolute Gasteiger partial charge is 0.328 e. The lowest BCUT2D eigenvalue weighted by Gasteiger charge is -2.14. The summed E-state index contributed by atoms with van der Waals surface area (Å²) in [4.78, 5) is 16.7. The molecule has 0 aliphatic rings. The maximum atomic E-state index is 10.4. The lowest BCUT2D eigenvalue weighted by atomic mass is 10.2. The standard InChI is InChI=1S/C14H17N3O2/c1-16(7-3-4-14(18)19)9-11-5-6-13-12(8-11)15-10-17(13)2/h3-6,8,10H,7,9H2,1-2H3,(H,18,19)/b4-3+. The predicted octanol–water partition coefficient (Wildman–Crippen LogP) is 1.65. The van der Waals surface area contributed by atoms with Gasteiger partial charge in [0, 0.05) is 26.2 Å². The van der Waals surface area contributed by atoms with Gasteiger partial charge in [-0.3, -0.25) is 4.90 Å². The molecule has 0 atom stereocenters. The normalized spacial score (nSPS) is 11.7. The average Bonchev–Trinajstić information content (AvgIpc) is 2.70. The molecule has 1 heterocycles. The zero-order chi connectivity index (χ0) is 13.8. The van der Waals surface area contributed by atoms with E-state index < -0.39 is 5.97 Å². The molecule has 1 N–H and O–H groups in total. The predicted molar refractivity (Wildman–Crippen MR) is 73.8 cm³/mol. The Labute approximate surface area is 111 Å². The molecule has 5 heteroatoms. The molecular formula is C14H17N3O2. The van der Waals surface area contributed by atoms with Crippen LogP contribution in [-0.2, 0) is 18.4 Å². The molecule has 0 amide bonds. The van der Waals surface area contributed by atoms with E-state index in [9.17, 15) is 4.79 Å². The van der Waals surface area contributed by atoms with Crippen molar-refractivity contribution in [2.45, 2.75) is 6.54 Å². The number of hydrogen-bond donors (Lipinski definition) is 1. The van der Waals surface area contributed by atoms with E-state index in [2.05, 4.69) is 23.2 Å². The molecule has 5 nitrogen and oxygen atoms in total. The molecule has 0 aliphatic heterocycles. The summed E-state index contributed by atoms with van der Waals surface area (Å²) in [5, 5.41) is 8.52. The SMILES string of the molecule is CN(C/C=C/C(=O)O)Cc1ccc2c(c1)ncn2C. The molecule has 0 fully saturated rings. The van der Waals surface area contributed by atoms with Crippen molar-refractivity contribution >= 4 is 17.0 Å². The van der Waals surface area contributed by atoms with Gasteiger partial charge in [0.1, 0.15) is 0 Å². The Morgan fingerprint density at radius 2 is 2.32 bits per heavy atom. The van der Waals surface area contributed by atoms with Crippen molar-refractivity contribution < 1.29 is 9.90 Å². The number of carbonyl (C=O) groups is 1. The molecule has 0 bridgehead atoms. The third kappa shape index (κ3) is 3.42. The van der Waals surface area contributed by atoms with Crippen molar-refractivity contribution in [1.82, 2.24) is 14.5 Å². The highest BCUT2D eigenvalue weighted by molar-refractivity contribution is 5.79. The van der Waals surface area contributed by atoms with Crippen LogP contribution in [0, 0.1) is 0 Å². The summed E-state index contributed by atoms with van der Waals surface area (Å²) in [6.45, 7) is 1.36. The number of carboxylic acid groups (broad SMARTS) is 1. The van der Waals surface area contributed by atoms with E-state index in [0.717, 1.165) is 23.1 Å². The second-order valence-corrected chi connectivity index (χ2v) is 4.62. The van der Waals surface area contributed by atoms with Crippen LogP contribution >= 0.6 is 0 Å². The van der Waals surface area contributed by atoms with Gasteiger partial charge in [-0.05, 0) is 24.7 Å². The lowest BCUT2D eigenvalue weighted by Crippen LogP contribution is -2.17. The minimum atomic E-state index is -0.914. The molecule has 1 aromatic carbocycles. The molecule has 0 radical (unpaired) electrons. The van der Waals surface area contributed by atoms with Gasteiger partial charge in [0.05, 0.1) is 17.4 Å². The van der Waals surface area contributed by atoms with Gasteiger partial charge < -0.3 is 9.67 Å². The molecule has 100 valence electrons. The van der Waals surface area contributed by atoms with E-state index in [1.807, 2.05) is 23.6 Å². The molecule has 0 aliphatic carbocycles. The highest BCUT2D eigenvalue weighted by Gasteiger charge is 2.03. The number of aromatic nitrogens is 2. The molecule has 0 spiro atoms. The van der Waals surface area contributed by atoms with Gasteiger partial charge >= 0.3 is 5.97 Å². The number of aliphatic carboxylic acids is 1. The fourth-order valence-electron chi connectivity index (χ4n) is 1.99. The number of carboxylic acids is 1. The van der Waals surface area contributed by atoms with Crippen molar-refractivity contribution in [3.63, 3.8) is 0 Å². The van der Waals surface area contributed by atoms with Crippen LogP contribution in [0.2, 0.25) is 0 Å². The Hall–Kier alpha value is -2.14. The van der Waals surface area contributed by atoms with Gasteiger partial charge in [-0.1, -0.05) is 12.1 Å². The average molecular weight is 259 g/mol. The number of fused-ring (bicyclic) bond motifs is 1. The first-order valence-electron chi connectivity index (χ1n) is 6.04. The van der Waals surface area contributed by atoms with Crippen LogP contribution < -0.4 is 0 Å². The monoisotopic (exact) mass is 259 g/mol. The first kappa shape index (κ1) is 13.3. The maximum Gasteiger partial charge on any atom is 0.328 e. The van der Waals surface area contributed by atoms with Crippen LogP contribution in [0.3, 0.4) is 0 Å². The zero-order valence-electron chi connectivity index (χ0n) is 11.1. The zero-order valence-corrected chi connectivity index (χ0v) is 11.1. The van der Waals surface area contributed by atoms with Crippen molar-refractivity contribution in [3.8, 4) is 0 Å². The van der Waals surface area contributed by atoms with Crippen molar-refractivity contribution in [3.05, 3.63) is 42.2 Å². The van der Waals surface area contributed by atoms with E-state index in [-0.39, 0.29) is 0 Å². The number of rotatable bonds is 5. The van der Waals surface area contributed by atoms with Gasteiger partial charge in [0.15, 0.2) is 0 Å². The molecule has 2 rings (SSSR count). The minimum Gasteiger partial charge on any atom is -0.478 e. The second kappa shape index (κ2) is 5.67. The van der Waals surface area contributed by atoms with Crippen LogP contribution in [-0.4, -0.2) is 39.1 Å². The summed E-state index contributed by atoms with van der Waals surface area (Å²) >= 11 is 0. The van der Waals surface area contributed by atoms with E-state index in [0.29, 0.717) is 6.54 Å². The highest BCUT2D eigenvalue weighted by Crippen LogP contribution is 2.14. The van der Waals surface area contributed by atoms with Gasteiger partial charge in [-0.2, -0.15) is 0 Å². The molecule has 0 unspecified atom stereocenters. The van der Waals surface area contributed by atoms with E-state index in [1.54, 1.807) is 12.4 Å². The topological polar surface area (TPSA) is 58.4 Å². The van der Waals surface area contributed by atoms with Crippen LogP contribution in [0.4, 0.5) is 0 Å². The van der Waals surface area contributed by atoms with Gasteiger partial charge in [0.25, 0.3) is 0 Å². The van der Waals surface area contributed by atoms with Crippen LogP contribution in [0.1, 0.15) is 5.56 Å². The molecule has 0 saturated heterocycles. The third-order valence-corrected chi connectivity index (χ3v) is 2.92. The maximum absolute atomic E-state index is 10.4. The van der Waals surface area contributed by atoms with Crippen LogP contribution in [0.25, 0.3) is 11.0 Å². The van der Waals surface area contributed by atoms with Crippen molar-refractivity contribution in [2.24, 2.45) is 7.05 Å². The number of likely N-dealkylation sites (N-methyl/N-ethyl adjacent to an activating group) is 1. The van der Waals surface area contributed by atoms with Crippen molar-refractivity contribution in [1.29, 1.82) is 0 Å². The first-order chi connectivity index (χ1) is 9.06. The van der Waals surface area contributed by atoms with Crippen molar-refractivity contribution in [2.75, 3.05) is 13.6 Å². The number of aryl methyl sites for hydroxylation is 1. The fourth-order valence-corrected chi connectivity index (χ4v) is 1.99. The molecule has 2 aromatic rings. The molecule has 1 aromatic heterocycles. The van der Waals surface area contributed by atoms with Crippen LogP contribution in [0.5, 0.6) is 0 Å². The van der Waals surface area contributed by atoms with E-state index in [4.69, 9.17) is 5.11 Å². The quantitative estimate of drug-likeness (QED) is 0.829. The Kier molecular flexibility index (Phi) is 3.97. The van der Waals surface area contributed by atoms with E-state index >= 15 is 0 Å². The van der Waals surface area contributed by atoms with Crippen LogP contribution in [0.15, 0.2) is 36.7 Å². The number of hydrogen-bond acceptors (Lipinski definition) is 3. The Morgan fingerprint density at radius 3 is 3.05 bits per heavy atom. The summed E-state index contributed by atoms with van der Waals surface area (Å²) in [5.41, 5.74) is 3.25. The Morgan fingerprint density at radius 1 is 1.53 bits per heavy atom. The lowest BCUT2D eigenvalue weighted by molar-refractivity contribution is -0.131. The summed E-state index contributed by atoms with van der Waals surface area (Å²) in [5.74, 6) is -0.914. The number of nitrogens with zero attached hydrogens (tertiary/aromatic N) is 3. The Balaban J connectivity index is 2.02. The van der Waals surface area contributed by atoms with E-state index in [1.165, 1.54) is 6.08 Å². The largest absolute Gasteiger partial charge is 0.478 e. The van der Waals surface area contributed by atoms with Gasteiger partial charge in [-0.15, -0.1) is 0 Å². The third-order valence-electron chi connectivity index (χ3n) is 2.92. The summed E-state index contributed by atoms with van der Waals surface area (Å²) in [6.07, 6.45) is 4.60.